The van der Waals surface area contributed by atoms with Crippen LogP contribution >= 0.6 is 0 Å². The normalized spacial score (nSPS) is 17.3. The van der Waals surface area contributed by atoms with Crippen LogP contribution in [0, 0.1) is 13.8 Å². The summed E-state index contributed by atoms with van der Waals surface area (Å²) in [7, 11) is 0. The minimum Gasteiger partial charge on any atom is -0.487 e. The number of hydrogen-bond acceptors (Lipinski definition) is 3. The van der Waals surface area contributed by atoms with Gasteiger partial charge in [0.2, 0.25) is 5.91 Å². The van der Waals surface area contributed by atoms with E-state index in [4.69, 9.17) is 4.74 Å². The molecule has 0 spiro atoms. The number of aromatic nitrogens is 2. The Hall–Kier alpha value is -2.30. The van der Waals surface area contributed by atoms with Crippen LogP contribution in [0.2, 0.25) is 0 Å². The molecule has 1 aliphatic rings. The number of carbonyl (C=O) groups excluding carboxylic acids is 1. The lowest BCUT2D eigenvalue weighted by atomic mass is 10.1. The monoisotopic (exact) mass is 285 g/mol. The fraction of sp³-hybridized carbons (Fsp3) is 0.375. The van der Waals surface area contributed by atoms with E-state index in [1.54, 1.807) is 6.20 Å². The second-order valence-electron chi connectivity index (χ2n) is 5.51. The summed E-state index contributed by atoms with van der Waals surface area (Å²) >= 11 is 0. The largest absolute Gasteiger partial charge is 0.487 e. The minimum absolute atomic E-state index is 0.00644. The number of carbonyl (C=O) groups is 1. The van der Waals surface area contributed by atoms with Gasteiger partial charge in [-0.1, -0.05) is 6.07 Å². The zero-order chi connectivity index (χ0) is 15.0. The molecule has 0 saturated heterocycles. The molecule has 5 nitrogen and oxygen atoms in total. The first-order chi connectivity index (χ1) is 10.0. The zero-order valence-electron chi connectivity index (χ0n) is 12.5. The molecule has 2 heterocycles. The number of benzene rings is 1. The highest BCUT2D eigenvalue weighted by molar-refractivity contribution is 5.95. The lowest BCUT2D eigenvalue weighted by Gasteiger charge is -2.33. The summed E-state index contributed by atoms with van der Waals surface area (Å²) in [4.78, 5) is 18.6. The third kappa shape index (κ3) is 2.63. The van der Waals surface area contributed by atoms with E-state index >= 15 is 0 Å². The Morgan fingerprint density at radius 2 is 2.24 bits per heavy atom. The molecule has 1 aromatic heterocycles. The first-order valence-corrected chi connectivity index (χ1v) is 7.10. The fourth-order valence-corrected chi connectivity index (χ4v) is 2.59. The molecule has 5 heteroatoms. The van der Waals surface area contributed by atoms with E-state index in [0.717, 1.165) is 22.8 Å². The molecule has 3 rings (SSSR count). The van der Waals surface area contributed by atoms with Crippen molar-refractivity contribution in [2.75, 3.05) is 11.4 Å². The topological polar surface area (TPSA) is 47.4 Å². The van der Waals surface area contributed by atoms with Crippen molar-refractivity contribution in [3.63, 3.8) is 0 Å². The molecule has 2 aromatic rings. The molecular formula is C16H19N3O2. The van der Waals surface area contributed by atoms with E-state index in [0.29, 0.717) is 13.1 Å². The molecule has 1 aromatic carbocycles. The first kappa shape index (κ1) is 13.7. The van der Waals surface area contributed by atoms with Gasteiger partial charge in [-0.3, -0.25) is 4.79 Å². The van der Waals surface area contributed by atoms with Crippen LogP contribution in [-0.4, -0.2) is 28.1 Å². The highest BCUT2D eigenvalue weighted by atomic mass is 16.5. The highest BCUT2D eigenvalue weighted by Crippen LogP contribution is 2.34. The third-order valence-electron chi connectivity index (χ3n) is 3.70. The van der Waals surface area contributed by atoms with Crippen LogP contribution in [0.3, 0.4) is 0 Å². The second kappa shape index (κ2) is 5.24. The van der Waals surface area contributed by atoms with Crippen LogP contribution in [0.15, 0.2) is 30.6 Å². The zero-order valence-corrected chi connectivity index (χ0v) is 12.5. The van der Waals surface area contributed by atoms with E-state index < -0.39 is 0 Å². The number of amides is 1. The van der Waals surface area contributed by atoms with Crippen LogP contribution in [0.1, 0.15) is 18.3 Å². The Kier molecular flexibility index (Phi) is 3.41. The van der Waals surface area contributed by atoms with Gasteiger partial charge in [-0.25, -0.2) is 4.98 Å². The Bertz CT molecular complexity index is 678. The first-order valence-electron chi connectivity index (χ1n) is 7.10. The lowest BCUT2D eigenvalue weighted by molar-refractivity contribution is -0.119. The quantitative estimate of drug-likeness (QED) is 0.850. The third-order valence-corrected chi connectivity index (χ3v) is 3.70. The van der Waals surface area contributed by atoms with Crippen molar-refractivity contribution in [3.8, 4) is 5.75 Å². The van der Waals surface area contributed by atoms with Gasteiger partial charge in [0.05, 0.1) is 12.2 Å². The second-order valence-corrected chi connectivity index (χ2v) is 5.51. The molecule has 0 unspecified atom stereocenters. The van der Waals surface area contributed by atoms with Gasteiger partial charge in [-0.15, -0.1) is 0 Å². The van der Waals surface area contributed by atoms with Crippen LogP contribution in [0.5, 0.6) is 5.75 Å². The van der Waals surface area contributed by atoms with Gasteiger partial charge in [0.1, 0.15) is 24.2 Å². The number of imidazole rings is 1. The molecule has 110 valence electrons. The van der Waals surface area contributed by atoms with Crippen molar-refractivity contribution in [2.45, 2.75) is 33.4 Å². The predicted octanol–water partition coefficient (Wildman–Crippen LogP) is 2.31. The molecule has 0 fully saturated rings. The van der Waals surface area contributed by atoms with Gasteiger partial charge in [-0.2, -0.15) is 0 Å². The SMILES string of the molecule is Cc1ccc2c(c1)N(C(=O)Cn1ccnc1C)C[C@@H](C)O2. The van der Waals surface area contributed by atoms with Gasteiger partial charge < -0.3 is 14.2 Å². The number of fused-ring (bicyclic) bond motifs is 1. The molecule has 0 saturated carbocycles. The minimum atomic E-state index is -0.00644. The summed E-state index contributed by atoms with van der Waals surface area (Å²) in [5, 5.41) is 0. The maximum Gasteiger partial charge on any atom is 0.247 e. The Morgan fingerprint density at radius 1 is 1.43 bits per heavy atom. The van der Waals surface area contributed by atoms with E-state index in [1.165, 1.54) is 0 Å². The number of aryl methyl sites for hydroxylation is 2. The number of nitrogens with zero attached hydrogens (tertiary/aromatic N) is 3. The van der Waals surface area contributed by atoms with Crippen LogP contribution in [0.25, 0.3) is 0 Å². The maximum absolute atomic E-state index is 12.7. The number of ether oxygens (including phenoxy) is 1. The summed E-state index contributed by atoms with van der Waals surface area (Å²) in [6, 6.07) is 5.93. The van der Waals surface area contributed by atoms with E-state index in [2.05, 4.69) is 4.98 Å². The smallest absolute Gasteiger partial charge is 0.247 e. The van der Waals surface area contributed by atoms with Gasteiger partial charge in [-0.05, 0) is 38.5 Å². The molecule has 1 aliphatic heterocycles. The molecule has 1 atom stereocenters. The van der Waals surface area contributed by atoms with Crippen molar-refractivity contribution in [2.24, 2.45) is 0 Å². The van der Waals surface area contributed by atoms with E-state index in [1.807, 2.05) is 54.6 Å². The average molecular weight is 285 g/mol. The summed E-state index contributed by atoms with van der Waals surface area (Å²) in [5.41, 5.74) is 1.97. The van der Waals surface area contributed by atoms with Gasteiger partial charge in [0, 0.05) is 12.4 Å². The van der Waals surface area contributed by atoms with Gasteiger partial charge >= 0.3 is 0 Å². The molecule has 0 N–H and O–H groups in total. The number of anilines is 1. The van der Waals surface area contributed by atoms with Crippen molar-refractivity contribution in [3.05, 3.63) is 42.0 Å². The van der Waals surface area contributed by atoms with Crippen molar-refractivity contribution >= 4 is 11.6 Å². The fourth-order valence-electron chi connectivity index (χ4n) is 2.59. The average Bonchev–Trinajstić information content (AvgIpc) is 2.84. The lowest BCUT2D eigenvalue weighted by Crippen LogP contribution is -2.43. The number of rotatable bonds is 2. The van der Waals surface area contributed by atoms with Crippen LogP contribution in [-0.2, 0) is 11.3 Å². The summed E-state index contributed by atoms with van der Waals surface area (Å²) in [5.74, 6) is 1.67. The van der Waals surface area contributed by atoms with E-state index in [9.17, 15) is 4.79 Å². The molecule has 1 amide bonds. The summed E-state index contributed by atoms with van der Waals surface area (Å²) in [6.07, 6.45) is 3.53. The molecule has 0 bridgehead atoms. The predicted molar refractivity (Wildman–Crippen MR) is 80.6 cm³/mol. The van der Waals surface area contributed by atoms with Crippen molar-refractivity contribution in [1.82, 2.24) is 9.55 Å². The maximum atomic E-state index is 12.7. The molecule has 0 aliphatic carbocycles. The van der Waals surface area contributed by atoms with Gasteiger partial charge in [0.15, 0.2) is 0 Å². The number of hydrogen-bond donors (Lipinski definition) is 0. The highest BCUT2D eigenvalue weighted by Gasteiger charge is 2.27. The molecular weight excluding hydrogens is 266 g/mol. The molecule has 21 heavy (non-hydrogen) atoms. The Morgan fingerprint density at radius 3 is 2.95 bits per heavy atom. The van der Waals surface area contributed by atoms with E-state index in [-0.39, 0.29) is 12.0 Å². The van der Waals surface area contributed by atoms with Crippen LogP contribution < -0.4 is 9.64 Å². The summed E-state index contributed by atoms with van der Waals surface area (Å²) in [6.45, 7) is 6.76. The Labute approximate surface area is 124 Å². The van der Waals surface area contributed by atoms with Crippen LogP contribution in [0.4, 0.5) is 5.69 Å². The van der Waals surface area contributed by atoms with Gasteiger partial charge in [0.25, 0.3) is 0 Å². The summed E-state index contributed by atoms with van der Waals surface area (Å²) < 4.78 is 7.67. The Balaban J connectivity index is 1.90. The van der Waals surface area contributed by atoms with Crippen molar-refractivity contribution < 1.29 is 9.53 Å². The standard InChI is InChI=1S/C16H19N3O2/c1-11-4-5-15-14(8-11)19(9-12(2)21-15)16(20)10-18-7-6-17-13(18)3/h4-8,12H,9-10H2,1-3H3/t12-/m1/s1. The molecule has 0 radical (unpaired) electrons. The van der Waals surface area contributed by atoms with Crippen molar-refractivity contribution in [1.29, 1.82) is 0 Å².